The lowest BCUT2D eigenvalue weighted by atomic mass is 10.0. The number of aryl methyl sites for hydroxylation is 1. The maximum atomic E-state index is 14.8. The van der Waals surface area contributed by atoms with E-state index in [0.29, 0.717) is 34.6 Å². The van der Waals surface area contributed by atoms with Gasteiger partial charge in [0.1, 0.15) is 5.69 Å². The monoisotopic (exact) mass is 615 g/mol. The first-order valence-corrected chi connectivity index (χ1v) is 13.7. The predicted molar refractivity (Wildman–Crippen MR) is 149 cm³/mol. The lowest BCUT2D eigenvalue weighted by Crippen LogP contribution is -2.28. The summed E-state index contributed by atoms with van der Waals surface area (Å²) in [5.74, 6) is -1.16. The van der Waals surface area contributed by atoms with E-state index in [0.717, 1.165) is 24.8 Å². The van der Waals surface area contributed by atoms with Crippen LogP contribution in [0.5, 0.6) is 0 Å². The van der Waals surface area contributed by atoms with Crippen molar-refractivity contribution in [1.29, 1.82) is 0 Å². The smallest absolute Gasteiger partial charge is 0.276 e. The van der Waals surface area contributed by atoms with Crippen LogP contribution in [0.15, 0.2) is 43.0 Å². The van der Waals surface area contributed by atoms with Gasteiger partial charge < -0.3 is 10.2 Å². The summed E-state index contributed by atoms with van der Waals surface area (Å²) in [6.45, 7) is 4.00. The highest BCUT2D eigenvalue weighted by Gasteiger charge is 2.52. The third-order valence-electron chi connectivity index (χ3n) is 7.53. The van der Waals surface area contributed by atoms with Crippen molar-refractivity contribution in [3.05, 3.63) is 81.5 Å². The summed E-state index contributed by atoms with van der Waals surface area (Å²) in [4.78, 5) is 40.0. The molecule has 2 aliphatic rings. The number of amides is 2. The van der Waals surface area contributed by atoms with Crippen LogP contribution in [-0.4, -0.2) is 43.1 Å². The van der Waals surface area contributed by atoms with Crippen molar-refractivity contribution in [2.45, 2.75) is 32.7 Å². The highest BCUT2D eigenvalue weighted by atomic mass is 35.5. The Morgan fingerprint density at radius 3 is 2.62 bits per heavy atom. The van der Waals surface area contributed by atoms with Gasteiger partial charge in [-0.3, -0.25) is 24.2 Å². The molecule has 4 aromatic rings. The second kappa shape index (κ2) is 10.7. The Kier molecular flexibility index (Phi) is 7.14. The van der Waals surface area contributed by atoms with Crippen LogP contribution >= 0.6 is 23.2 Å². The van der Waals surface area contributed by atoms with Crippen LogP contribution in [0.25, 0.3) is 11.3 Å². The van der Waals surface area contributed by atoms with Gasteiger partial charge in [0.2, 0.25) is 5.91 Å². The fourth-order valence-corrected chi connectivity index (χ4v) is 5.60. The van der Waals surface area contributed by atoms with Gasteiger partial charge in [0.15, 0.2) is 5.82 Å². The lowest BCUT2D eigenvalue weighted by molar-refractivity contribution is -0.118. The van der Waals surface area contributed by atoms with E-state index in [9.17, 15) is 22.8 Å². The molecule has 1 saturated heterocycles. The summed E-state index contributed by atoms with van der Waals surface area (Å²) < 4.78 is 43.6. The van der Waals surface area contributed by atoms with E-state index in [-0.39, 0.29) is 33.9 Å². The second-order valence-corrected chi connectivity index (χ2v) is 11.1. The molecular weight excluding hydrogens is 594 g/mol. The van der Waals surface area contributed by atoms with E-state index in [2.05, 4.69) is 25.4 Å². The molecule has 1 aromatic carbocycles. The van der Waals surface area contributed by atoms with E-state index < -0.39 is 35.3 Å². The van der Waals surface area contributed by atoms with E-state index in [1.54, 1.807) is 28.0 Å². The summed E-state index contributed by atoms with van der Waals surface area (Å²) in [5, 5.41) is 6.96. The van der Waals surface area contributed by atoms with Gasteiger partial charge in [0, 0.05) is 29.8 Å². The number of alkyl halides is 2. The maximum Gasteiger partial charge on any atom is 0.276 e. The van der Waals surface area contributed by atoms with E-state index in [1.165, 1.54) is 13.1 Å². The van der Waals surface area contributed by atoms with Crippen LogP contribution in [-0.2, 0) is 4.79 Å². The number of carbonyl (C=O) groups excluding carboxylic acids is 2. The minimum absolute atomic E-state index is 0.101. The summed E-state index contributed by atoms with van der Waals surface area (Å²) >= 11 is 12.4. The molecule has 3 aromatic heterocycles. The summed E-state index contributed by atoms with van der Waals surface area (Å²) in [7, 11) is 0. The molecule has 0 spiro atoms. The minimum Gasteiger partial charge on any atom is -0.318 e. The number of nitrogens with one attached hydrogen (secondary N) is 1. The second-order valence-electron chi connectivity index (χ2n) is 10.3. The van der Waals surface area contributed by atoms with Crippen LogP contribution in [0.2, 0.25) is 10.0 Å². The number of fused-ring (bicyclic) bond motifs is 1. The fourth-order valence-electron chi connectivity index (χ4n) is 5.13. The van der Waals surface area contributed by atoms with E-state index >= 15 is 0 Å². The Morgan fingerprint density at radius 2 is 1.93 bits per heavy atom. The molecule has 42 heavy (non-hydrogen) atoms. The zero-order valence-corrected chi connectivity index (χ0v) is 23.7. The van der Waals surface area contributed by atoms with Crippen molar-refractivity contribution in [3.8, 4) is 11.3 Å². The molecule has 2 fully saturated rings. The Hall–Kier alpha value is -4.03. The minimum atomic E-state index is -3.01. The van der Waals surface area contributed by atoms with Gasteiger partial charge in [0.25, 0.3) is 12.3 Å². The third kappa shape index (κ3) is 4.98. The molecule has 216 valence electrons. The molecule has 2 amide bonds. The van der Waals surface area contributed by atoms with Gasteiger partial charge in [-0.2, -0.15) is 5.10 Å². The molecule has 3 atom stereocenters. The van der Waals surface area contributed by atoms with Crippen molar-refractivity contribution in [1.82, 2.24) is 24.7 Å². The molecule has 1 aliphatic heterocycles. The number of piperidine rings is 1. The molecule has 1 aliphatic carbocycles. The molecule has 0 unspecified atom stereocenters. The van der Waals surface area contributed by atoms with Crippen molar-refractivity contribution in [2.75, 3.05) is 16.8 Å². The Balaban J connectivity index is 1.21. The maximum absolute atomic E-state index is 14.8. The number of anilines is 2. The third-order valence-corrected chi connectivity index (χ3v) is 8.13. The molecule has 0 bridgehead atoms. The van der Waals surface area contributed by atoms with E-state index in [4.69, 9.17) is 23.2 Å². The molecule has 4 heterocycles. The van der Waals surface area contributed by atoms with Gasteiger partial charge in [-0.05, 0) is 38.3 Å². The van der Waals surface area contributed by atoms with Crippen LogP contribution in [0.1, 0.15) is 53.3 Å². The number of hydrogen-bond donors (Lipinski definition) is 1. The molecule has 9 nitrogen and oxygen atoms in total. The number of rotatable bonds is 7. The van der Waals surface area contributed by atoms with Gasteiger partial charge in [-0.25, -0.2) is 18.2 Å². The van der Waals surface area contributed by atoms with Crippen molar-refractivity contribution < 1.29 is 22.8 Å². The first kappa shape index (κ1) is 28.1. The first-order chi connectivity index (χ1) is 20.0. The number of pyridine rings is 1. The average Bonchev–Trinajstić information content (AvgIpc) is 3.45. The number of carbonyl (C=O) groups is 2. The van der Waals surface area contributed by atoms with Crippen molar-refractivity contribution in [3.63, 3.8) is 0 Å². The zero-order valence-electron chi connectivity index (χ0n) is 22.2. The summed E-state index contributed by atoms with van der Waals surface area (Å²) in [5.41, 5.74) is 0.0647. The normalized spacial score (nSPS) is 18.4. The number of hydrogen-bond acceptors (Lipinski definition) is 6. The van der Waals surface area contributed by atoms with Gasteiger partial charge >= 0.3 is 0 Å². The number of benzene rings is 1. The Morgan fingerprint density at radius 1 is 1.14 bits per heavy atom. The zero-order chi connectivity index (χ0) is 29.9. The van der Waals surface area contributed by atoms with E-state index in [1.807, 2.05) is 6.92 Å². The van der Waals surface area contributed by atoms with Crippen LogP contribution in [0, 0.1) is 24.6 Å². The SMILES string of the molecule is Cc1ncc(-c2c(C(F)F)ccc(Cl)c2F)nc1C(=O)Nc1cnn([C@H](C)c2ncc(N3C[C@H]4C[C@H]4C3=O)cc2Cl)c1. The lowest BCUT2D eigenvalue weighted by Gasteiger charge is -2.20. The molecule has 0 radical (unpaired) electrons. The highest BCUT2D eigenvalue weighted by molar-refractivity contribution is 6.31. The predicted octanol–water partition coefficient (Wildman–Crippen LogP) is 6.27. The molecule has 1 N–H and O–H groups in total. The number of halogens is 5. The Bertz CT molecular complexity index is 1750. The van der Waals surface area contributed by atoms with Crippen LogP contribution in [0.4, 0.5) is 24.5 Å². The average molecular weight is 616 g/mol. The highest BCUT2D eigenvalue weighted by Crippen LogP contribution is 2.47. The fraction of sp³-hybridized carbons (Fsp3) is 0.286. The van der Waals surface area contributed by atoms with Gasteiger partial charge in [-0.1, -0.05) is 29.3 Å². The van der Waals surface area contributed by atoms with Crippen molar-refractivity contribution in [2.24, 2.45) is 11.8 Å². The molecular formula is C28H22Cl2F3N7O2. The number of nitrogens with zero attached hydrogens (tertiary/aromatic N) is 6. The van der Waals surface area contributed by atoms with Crippen molar-refractivity contribution >= 4 is 46.4 Å². The summed E-state index contributed by atoms with van der Waals surface area (Å²) in [6.07, 6.45) is 3.63. The quantitative estimate of drug-likeness (QED) is 0.263. The number of aromatic nitrogens is 5. The van der Waals surface area contributed by atoms with Crippen LogP contribution < -0.4 is 10.2 Å². The largest absolute Gasteiger partial charge is 0.318 e. The standard InChI is InChI=1S/C28H22Cl2F3N7O2/c1-12-24(38-21(9-34-12)22-17(26(32)33)3-4-19(29)23(22)31)27(41)37-15-7-36-40(11-15)13(2)25-20(30)6-16(8-35-25)39-10-14-5-18(14)28(39)42/h3-4,6-9,11,13-14,18,26H,5,10H2,1-2H3,(H,37,41)/t13-,14-,18-/m1/s1. The van der Waals surface area contributed by atoms with Gasteiger partial charge in [-0.15, -0.1) is 0 Å². The topological polar surface area (TPSA) is 106 Å². The first-order valence-electron chi connectivity index (χ1n) is 13.0. The summed E-state index contributed by atoms with van der Waals surface area (Å²) in [6, 6.07) is 3.32. The molecule has 6 rings (SSSR count). The Labute approximate surface area is 247 Å². The molecule has 14 heteroatoms. The molecule has 1 saturated carbocycles. The van der Waals surface area contributed by atoms with Gasteiger partial charge in [0.05, 0.1) is 63.1 Å². The van der Waals surface area contributed by atoms with Crippen LogP contribution in [0.3, 0.4) is 0 Å².